The van der Waals surface area contributed by atoms with Gasteiger partial charge in [-0.3, -0.25) is 9.69 Å². The van der Waals surface area contributed by atoms with Gasteiger partial charge in [-0.25, -0.2) is 8.78 Å². The van der Waals surface area contributed by atoms with Crippen LogP contribution in [-0.2, 0) is 11.3 Å². The highest BCUT2D eigenvalue weighted by molar-refractivity contribution is 5.98. The largest absolute Gasteiger partial charge is 0.310 e. The molecule has 0 aromatic heterocycles. The van der Waals surface area contributed by atoms with Gasteiger partial charge in [-0.2, -0.15) is 0 Å². The Morgan fingerprint density at radius 1 is 1.04 bits per heavy atom. The number of benzene rings is 2. The summed E-state index contributed by atoms with van der Waals surface area (Å²) in [6.45, 7) is 6.97. The second kappa shape index (κ2) is 6.92. The summed E-state index contributed by atoms with van der Waals surface area (Å²) < 4.78 is 27.8. The third-order valence-electron chi connectivity index (χ3n) is 5.07. The Bertz CT molecular complexity index is 786. The van der Waals surface area contributed by atoms with E-state index >= 15 is 0 Å². The first kappa shape index (κ1) is 17.5. The van der Waals surface area contributed by atoms with Crippen LogP contribution in [0.2, 0.25) is 0 Å². The number of carbonyl (C=O) groups is 1. The lowest BCUT2D eigenvalue weighted by molar-refractivity contribution is -0.125. The Kier molecular flexibility index (Phi) is 4.86. The molecule has 1 heterocycles. The number of aryl methyl sites for hydroxylation is 1. The average molecular weight is 344 g/mol. The van der Waals surface area contributed by atoms with Crippen LogP contribution in [0.25, 0.3) is 0 Å². The molecule has 1 fully saturated rings. The first-order chi connectivity index (χ1) is 11.9. The number of hydrogen-bond acceptors (Lipinski definition) is 2. The molecule has 0 unspecified atom stereocenters. The smallest absolute Gasteiger partial charge is 0.244 e. The minimum Gasteiger partial charge on any atom is -0.310 e. The van der Waals surface area contributed by atoms with E-state index in [-0.39, 0.29) is 18.0 Å². The molecule has 25 heavy (non-hydrogen) atoms. The number of piperazine rings is 1. The molecule has 5 heteroatoms. The molecule has 1 aliphatic rings. The van der Waals surface area contributed by atoms with E-state index in [1.807, 2.05) is 36.9 Å². The van der Waals surface area contributed by atoms with Gasteiger partial charge in [-0.15, -0.1) is 0 Å². The molecular formula is C20H22F2N2O. The van der Waals surface area contributed by atoms with Crippen molar-refractivity contribution in [2.24, 2.45) is 0 Å². The van der Waals surface area contributed by atoms with Crippen molar-refractivity contribution in [2.75, 3.05) is 18.0 Å². The molecule has 3 nitrogen and oxygen atoms in total. The molecule has 0 saturated carbocycles. The lowest BCUT2D eigenvalue weighted by Crippen LogP contribution is -2.55. The number of anilines is 1. The number of nitrogens with zero attached hydrogens (tertiary/aromatic N) is 2. The van der Waals surface area contributed by atoms with Crippen LogP contribution in [0.15, 0.2) is 36.4 Å². The van der Waals surface area contributed by atoms with Gasteiger partial charge in [0.05, 0.1) is 6.04 Å². The van der Waals surface area contributed by atoms with Gasteiger partial charge in [0.1, 0.15) is 11.6 Å². The monoisotopic (exact) mass is 344 g/mol. The fourth-order valence-electron chi connectivity index (χ4n) is 3.28. The first-order valence-corrected chi connectivity index (χ1v) is 8.44. The van der Waals surface area contributed by atoms with E-state index in [1.165, 1.54) is 18.2 Å². The van der Waals surface area contributed by atoms with Crippen molar-refractivity contribution in [1.82, 2.24) is 4.90 Å². The average Bonchev–Trinajstić information content (AvgIpc) is 2.58. The fourth-order valence-corrected chi connectivity index (χ4v) is 3.28. The highest BCUT2D eigenvalue weighted by Gasteiger charge is 2.33. The molecule has 1 aliphatic heterocycles. The van der Waals surface area contributed by atoms with Crippen LogP contribution in [0.3, 0.4) is 0 Å². The van der Waals surface area contributed by atoms with E-state index < -0.39 is 17.7 Å². The number of carbonyl (C=O) groups excluding carboxylic acids is 1. The molecule has 0 radical (unpaired) electrons. The molecule has 132 valence electrons. The molecular weight excluding hydrogens is 322 g/mol. The molecule has 1 amide bonds. The minimum absolute atomic E-state index is 0.0161. The second-order valence-corrected chi connectivity index (χ2v) is 6.56. The summed E-state index contributed by atoms with van der Waals surface area (Å²) in [5, 5.41) is 0. The Hall–Kier alpha value is -2.27. The summed E-state index contributed by atoms with van der Waals surface area (Å²) in [4.78, 5) is 16.5. The van der Waals surface area contributed by atoms with E-state index in [2.05, 4.69) is 0 Å². The Morgan fingerprint density at radius 3 is 2.36 bits per heavy atom. The fraction of sp³-hybridized carbons (Fsp3) is 0.350. The van der Waals surface area contributed by atoms with E-state index in [0.717, 1.165) is 16.8 Å². The topological polar surface area (TPSA) is 23.6 Å². The third-order valence-corrected chi connectivity index (χ3v) is 5.07. The lowest BCUT2D eigenvalue weighted by Gasteiger charge is -2.39. The van der Waals surface area contributed by atoms with Gasteiger partial charge in [-0.05, 0) is 50.1 Å². The maximum atomic E-state index is 13.9. The first-order valence-electron chi connectivity index (χ1n) is 8.44. The quantitative estimate of drug-likeness (QED) is 0.845. The zero-order chi connectivity index (χ0) is 18.1. The van der Waals surface area contributed by atoms with Crippen molar-refractivity contribution < 1.29 is 13.6 Å². The molecule has 1 atom stereocenters. The standard InChI is InChI=1S/C20H22F2N2O/c1-13-6-4-9-19(14(13)2)24-11-10-23(15(3)20(24)25)12-16-17(21)7-5-8-18(16)22/h4-9,15H,10-12H2,1-3H3/t15-/m1/s1. The van der Waals surface area contributed by atoms with Crippen molar-refractivity contribution in [3.8, 4) is 0 Å². The molecule has 0 bridgehead atoms. The van der Waals surface area contributed by atoms with Gasteiger partial charge in [0, 0.05) is 30.9 Å². The van der Waals surface area contributed by atoms with Crippen LogP contribution in [0.4, 0.5) is 14.5 Å². The van der Waals surface area contributed by atoms with E-state index in [4.69, 9.17) is 0 Å². The Labute approximate surface area is 146 Å². The maximum absolute atomic E-state index is 13.9. The Balaban J connectivity index is 1.81. The summed E-state index contributed by atoms with van der Waals surface area (Å²) in [7, 11) is 0. The van der Waals surface area contributed by atoms with Crippen LogP contribution in [0.1, 0.15) is 23.6 Å². The predicted molar refractivity (Wildman–Crippen MR) is 94.5 cm³/mol. The Morgan fingerprint density at radius 2 is 1.68 bits per heavy atom. The number of rotatable bonds is 3. The molecule has 2 aromatic carbocycles. The zero-order valence-electron chi connectivity index (χ0n) is 14.7. The summed E-state index contributed by atoms with van der Waals surface area (Å²) >= 11 is 0. The summed E-state index contributed by atoms with van der Waals surface area (Å²) in [6, 6.07) is 9.31. The van der Waals surface area contributed by atoms with E-state index in [0.29, 0.717) is 13.1 Å². The van der Waals surface area contributed by atoms with Crippen molar-refractivity contribution in [3.63, 3.8) is 0 Å². The highest BCUT2D eigenvalue weighted by Crippen LogP contribution is 2.27. The molecule has 0 aliphatic carbocycles. The predicted octanol–water partition coefficient (Wildman–Crippen LogP) is 3.82. The number of amides is 1. The van der Waals surface area contributed by atoms with Gasteiger partial charge in [0.15, 0.2) is 0 Å². The molecule has 2 aromatic rings. The van der Waals surface area contributed by atoms with Crippen LogP contribution in [0, 0.1) is 25.5 Å². The normalized spacial score (nSPS) is 18.7. The van der Waals surface area contributed by atoms with Crippen LogP contribution in [0.5, 0.6) is 0 Å². The zero-order valence-corrected chi connectivity index (χ0v) is 14.7. The van der Waals surface area contributed by atoms with Crippen LogP contribution < -0.4 is 4.90 Å². The summed E-state index contributed by atoms with van der Waals surface area (Å²) in [5.74, 6) is -1.19. The summed E-state index contributed by atoms with van der Waals surface area (Å²) in [5.41, 5.74) is 3.14. The third kappa shape index (κ3) is 3.29. The van der Waals surface area contributed by atoms with Crippen LogP contribution >= 0.6 is 0 Å². The summed E-state index contributed by atoms with van der Waals surface area (Å²) in [6.07, 6.45) is 0. The van der Waals surface area contributed by atoms with Gasteiger partial charge < -0.3 is 4.90 Å². The van der Waals surface area contributed by atoms with Gasteiger partial charge in [0.2, 0.25) is 5.91 Å². The lowest BCUT2D eigenvalue weighted by atomic mass is 10.0. The van der Waals surface area contributed by atoms with Crippen molar-refractivity contribution in [2.45, 2.75) is 33.4 Å². The van der Waals surface area contributed by atoms with Crippen molar-refractivity contribution in [3.05, 3.63) is 64.7 Å². The molecule has 0 N–H and O–H groups in total. The molecule has 1 saturated heterocycles. The van der Waals surface area contributed by atoms with Gasteiger partial charge in [0.25, 0.3) is 0 Å². The van der Waals surface area contributed by atoms with E-state index in [1.54, 1.807) is 11.8 Å². The van der Waals surface area contributed by atoms with Crippen molar-refractivity contribution >= 4 is 11.6 Å². The van der Waals surface area contributed by atoms with Crippen LogP contribution in [-0.4, -0.2) is 29.9 Å². The molecule has 0 spiro atoms. The van der Waals surface area contributed by atoms with Gasteiger partial charge >= 0.3 is 0 Å². The number of halogens is 2. The number of hydrogen-bond donors (Lipinski definition) is 0. The minimum atomic E-state index is -0.573. The maximum Gasteiger partial charge on any atom is 0.244 e. The second-order valence-electron chi connectivity index (χ2n) is 6.56. The van der Waals surface area contributed by atoms with Crippen molar-refractivity contribution in [1.29, 1.82) is 0 Å². The molecule has 3 rings (SSSR count). The SMILES string of the molecule is Cc1cccc(N2CCN(Cc3c(F)cccc3F)[C@H](C)C2=O)c1C. The highest BCUT2D eigenvalue weighted by atomic mass is 19.1. The van der Waals surface area contributed by atoms with Gasteiger partial charge in [-0.1, -0.05) is 18.2 Å². The van der Waals surface area contributed by atoms with E-state index in [9.17, 15) is 13.6 Å².